The minimum absolute atomic E-state index is 0.0166. The van der Waals surface area contributed by atoms with Gasteiger partial charge in [0.05, 0.1) is 11.6 Å². The van der Waals surface area contributed by atoms with E-state index in [0.29, 0.717) is 11.0 Å². The van der Waals surface area contributed by atoms with Crippen molar-refractivity contribution in [2.45, 2.75) is 25.2 Å². The number of hydrazone groups is 1. The Kier molecular flexibility index (Phi) is 5.29. The summed E-state index contributed by atoms with van der Waals surface area (Å²) in [6.45, 7) is 4.50. The Morgan fingerprint density at radius 3 is 2.86 bits per heavy atom. The molecule has 0 N–H and O–H groups in total. The third-order valence-electron chi connectivity index (χ3n) is 2.92. The Morgan fingerprint density at radius 1 is 1.52 bits per heavy atom. The van der Waals surface area contributed by atoms with E-state index >= 15 is 0 Å². The van der Waals surface area contributed by atoms with E-state index in [4.69, 9.17) is 11.6 Å². The first-order valence-corrected chi connectivity index (χ1v) is 9.07. The number of hydrogen-bond acceptors (Lipinski definition) is 5. The first-order chi connectivity index (χ1) is 9.92. The molecule has 1 atom stereocenters. The number of nitrogens with zero attached hydrogens (tertiary/aromatic N) is 3. The maximum atomic E-state index is 12.2. The Labute approximate surface area is 134 Å². The quantitative estimate of drug-likeness (QED) is 0.476. The fourth-order valence-electron chi connectivity index (χ4n) is 1.80. The fourth-order valence-corrected chi connectivity index (χ4v) is 4.33. The van der Waals surface area contributed by atoms with Crippen LogP contribution in [0.5, 0.6) is 0 Å². The van der Waals surface area contributed by atoms with Gasteiger partial charge in [0.25, 0.3) is 10.0 Å². The molecule has 1 aliphatic heterocycles. The van der Waals surface area contributed by atoms with Crippen molar-refractivity contribution < 1.29 is 8.42 Å². The van der Waals surface area contributed by atoms with Gasteiger partial charge in [-0.25, -0.2) is 4.41 Å². The summed E-state index contributed by atoms with van der Waals surface area (Å²) in [4.78, 5) is 0.0166. The van der Waals surface area contributed by atoms with E-state index in [1.807, 2.05) is 6.21 Å². The summed E-state index contributed by atoms with van der Waals surface area (Å²) in [5, 5.41) is 4.79. The van der Waals surface area contributed by atoms with Gasteiger partial charge in [0, 0.05) is 24.1 Å². The average Bonchev–Trinajstić information content (AvgIpc) is 2.85. The molecule has 1 aliphatic rings. The van der Waals surface area contributed by atoms with E-state index in [-0.39, 0.29) is 9.92 Å². The molecule has 1 aromatic rings. The molecule has 0 fully saturated rings. The van der Waals surface area contributed by atoms with Gasteiger partial charge >= 0.3 is 0 Å². The zero-order chi connectivity index (χ0) is 15.5. The van der Waals surface area contributed by atoms with Gasteiger partial charge in [0.1, 0.15) is 9.94 Å². The zero-order valence-electron chi connectivity index (χ0n) is 11.7. The van der Waals surface area contributed by atoms with E-state index < -0.39 is 10.0 Å². The standard InChI is InChI=1S/C13H16ClN3O2S2/c1-3-11-8-15-17(9-11)20-10(2)16-21(18,19)13-7-5-4-6-12(13)14/h4-8,11H,3,9H2,1-2H3. The van der Waals surface area contributed by atoms with Crippen molar-refractivity contribution in [3.05, 3.63) is 29.3 Å². The highest BCUT2D eigenvalue weighted by Crippen LogP contribution is 2.25. The highest BCUT2D eigenvalue weighted by Gasteiger charge is 2.20. The molecule has 1 heterocycles. The minimum Gasteiger partial charge on any atom is -0.233 e. The average molecular weight is 346 g/mol. The maximum absolute atomic E-state index is 12.2. The first kappa shape index (κ1) is 16.3. The van der Waals surface area contributed by atoms with Gasteiger partial charge in [-0.05, 0) is 25.5 Å². The van der Waals surface area contributed by atoms with E-state index in [1.54, 1.807) is 23.5 Å². The second-order valence-corrected chi connectivity index (χ2v) is 7.75. The number of hydrogen-bond donors (Lipinski definition) is 0. The number of rotatable bonds is 4. The van der Waals surface area contributed by atoms with Crippen molar-refractivity contribution in [3.8, 4) is 0 Å². The molecular weight excluding hydrogens is 330 g/mol. The molecule has 0 spiro atoms. The predicted molar refractivity (Wildman–Crippen MR) is 88.3 cm³/mol. The normalized spacial score (nSPS) is 19.3. The topological polar surface area (TPSA) is 62.1 Å². The molecule has 1 unspecified atom stereocenters. The van der Waals surface area contributed by atoms with Crippen molar-refractivity contribution in [3.63, 3.8) is 0 Å². The van der Waals surface area contributed by atoms with Gasteiger partial charge in [0.15, 0.2) is 0 Å². The van der Waals surface area contributed by atoms with Crippen LogP contribution in [0.15, 0.2) is 38.7 Å². The smallest absolute Gasteiger partial charge is 0.233 e. The van der Waals surface area contributed by atoms with Crippen LogP contribution in [0.2, 0.25) is 5.02 Å². The number of benzene rings is 1. The van der Waals surface area contributed by atoms with Crippen LogP contribution in [0.4, 0.5) is 0 Å². The highest BCUT2D eigenvalue weighted by atomic mass is 35.5. The second-order valence-electron chi connectivity index (χ2n) is 4.57. The number of halogens is 1. The van der Waals surface area contributed by atoms with Crippen molar-refractivity contribution >= 4 is 44.8 Å². The lowest BCUT2D eigenvalue weighted by molar-refractivity contribution is 0.493. The molecule has 0 aromatic heterocycles. The largest absolute Gasteiger partial charge is 0.284 e. The summed E-state index contributed by atoms with van der Waals surface area (Å²) >= 11 is 7.13. The summed E-state index contributed by atoms with van der Waals surface area (Å²) in [6.07, 6.45) is 2.89. The Balaban J connectivity index is 2.12. The van der Waals surface area contributed by atoms with Gasteiger partial charge < -0.3 is 0 Å². The first-order valence-electron chi connectivity index (χ1n) is 6.48. The molecule has 0 radical (unpaired) electrons. The van der Waals surface area contributed by atoms with Crippen LogP contribution in [-0.2, 0) is 10.0 Å². The minimum atomic E-state index is -3.79. The summed E-state index contributed by atoms with van der Waals surface area (Å²) < 4.78 is 30.0. The van der Waals surface area contributed by atoms with Crippen LogP contribution in [-0.4, -0.2) is 30.6 Å². The van der Waals surface area contributed by atoms with Crippen molar-refractivity contribution in [2.75, 3.05) is 6.54 Å². The molecule has 8 heteroatoms. The maximum Gasteiger partial charge on any atom is 0.284 e. The van der Waals surface area contributed by atoms with Crippen LogP contribution in [0, 0.1) is 5.92 Å². The van der Waals surface area contributed by atoms with Crippen molar-refractivity contribution in [1.29, 1.82) is 0 Å². The van der Waals surface area contributed by atoms with Crippen LogP contribution in [0.3, 0.4) is 0 Å². The lowest BCUT2D eigenvalue weighted by atomic mass is 10.1. The number of sulfonamides is 1. The summed E-state index contributed by atoms with van der Waals surface area (Å²) in [7, 11) is -3.79. The molecule has 5 nitrogen and oxygen atoms in total. The molecule has 21 heavy (non-hydrogen) atoms. The SMILES string of the molecule is CCC1C=NN(SC(C)=NS(=O)(=O)c2ccccc2Cl)C1. The van der Waals surface area contributed by atoms with Gasteiger partial charge in [-0.3, -0.25) is 0 Å². The zero-order valence-corrected chi connectivity index (χ0v) is 14.1. The van der Waals surface area contributed by atoms with E-state index in [2.05, 4.69) is 16.4 Å². The van der Waals surface area contributed by atoms with Crippen LogP contribution in [0.1, 0.15) is 20.3 Å². The lowest BCUT2D eigenvalue weighted by Gasteiger charge is -2.13. The molecule has 0 amide bonds. The monoisotopic (exact) mass is 345 g/mol. The molecule has 0 bridgehead atoms. The predicted octanol–water partition coefficient (Wildman–Crippen LogP) is 3.42. The van der Waals surface area contributed by atoms with Crippen molar-refractivity contribution in [1.82, 2.24) is 4.41 Å². The van der Waals surface area contributed by atoms with Gasteiger partial charge in [0.2, 0.25) is 0 Å². The van der Waals surface area contributed by atoms with Gasteiger partial charge in [-0.15, -0.1) is 0 Å². The van der Waals surface area contributed by atoms with Crippen LogP contribution < -0.4 is 0 Å². The lowest BCUT2D eigenvalue weighted by Crippen LogP contribution is -2.13. The molecule has 0 saturated heterocycles. The molecular formula is C13H16ClN3O2S2. The van der Waals surface area contributed by atoms with Gasteiger partial charge in [-0.2, -0.15) is 17.9 Å². The van der Waals surface area contributed by atoms with Crippen LogP contribution in [0.25, 0.3) is 0 Å². The molecule has 0 aliphatic carbocycles. The molecule has 114 valence electrons. The Hall–Kier alpha value is -1.05. The van der Waals surface area contributed by atoms with E-state index in [9.17, 15) is 8.42 Å². The Morgan fingerprint density at radius 2 is 2.24 bits per heavy atom. The molecule has 0 saturated carbocycles. The highest BCUT2D eigenvalue weighted by molar-refractivity contribution is 8.12. The Bertz CT molecular complexity index is 674. The second kappa shape index (κ2) is 6.81. The third kappa shape index (κ3) is 4.21. The summed E-state index contributed by atoms with van der Waals surface area (Å²) in [5.41, 5.74) is 0. The molecule has 2 rings (SSSR count). The summed E-state index contributed by atoms with van der Waals surface area (Å²) in [6, 6.07) is 6.27. The fraction of sp³-hybridized carbons (Fsp3) is 0.385. The van der Waals surface area contributed by atoms with Crippen LogP contribution >= 0.6 is 23.5 Å². The van der Waals surface area contributed by atoms with E-state index in [0.717, 1.165) is 13.0 Å². The van der Waals surface area contributed by atoms with E-state index in [1.165, 1.54) is 24.1 Å². The summed E-state index contributed by atoms with van der Waals surface area (Å²) in [5.74, 6) is 0.408. The van der Waals surface area contributed by atoms with Gasteiger partial charge in [-0.1, -0.05) is 30.7 Å². The third-order valence-corrected chi connectivity index (χ3v) is 5.71. The van der Waals surface area contributed by atoms with Crippen molar-refractivity contribution in [2.24, 2.45) is 15.4 Å². The molecule has 1 aromatic carbocycles.